The average molecular weight is 246 g/mol. The molecule has 0 fully saturated rings. The lowest BCUT2D eigenvalue weighted by atomic mass is 10.1. The summed E-state index contributed by atoms with van der Waals surface area (Å²) in [6, 6.07) is 8.87. The van der Waals surface area contributed by atoms with E-state index in [1.54, 1.807) is 0 Å². The molecule has 0 spiro atoms. The van der Waals surface area contributed by atoms with E-state index in [4.69, 9.17) is 9.84 Å². The third-order valence-corrected chi connectivity index (χ3v) is 2.33. The van der Waals surface area contributed by atoms with Gasteiger partial charge in [0.05, 0.1) is 11.8 Å². The Morgan fingerprint density at radius 2 is 2.00 bits per heavy atom. The molecule has 0 amide bonds. The van der Waals surface area contributed by atoms with Gasteiger partial charge < -0.3 is 9.84 Å². The lowest BCUT2D eigenvalue weighted by Crippen LogP contribution is -2.05. The van der Waals surface area contributed by atoms with E-state index in [0.29, 0.717) is 5.69 Å². The Hall–Kier alpha value is -2.30. The zero-order chi connectivity index (χ0) is 13.1. The van der Waals surface area contributed by atoms with Crippen molar-refractivity contribution in [2.24, 2.45) is 0 Å². The molecular weight excluding hydrogens is 232 g/mol. The van der Waals surface area contributed by atoms with Gasteiger partial charge in [-0.25, -0.2) is 4.79 Å². The summed E-state index contributed by atoms with van der Waals surface area (Å²) in [5.41, 5.74) is 1.52. The molecule has 2 aromatic rings. The van der Waals surface area contributed by atoms with Gasteiger partial charge in [0.25, 0.3) is 0 Å². The normalized spacial score (nSPS) is 10.6. The molecule has 18 heavy (non-hydrogen) atoms. The molecule has 0 saturated carbocycles. The van der Waals surface area contributed by atoms with Crippen LogP contribution in [0.5, 0.6) is 5.75 Å². The number of carbonyl (C=O) groups is 1. The highest BCUT2D eigenvalue weighted by molar-refractivity contribution is 5.86. The van der Waals surface area contributed by atoms with Gasteiger partial charge in [-0.3, -0.25) is 5.10 Å². The number of rotatable bonds is 4. The molecule has 0 atom stereocenters. The monoisotopic (exact) mass is 246 g/mol. The lowest BCUT2D eigenvalue weighted by molar-refractivity contribution is 0.0690. The predicted octanol–water partition coefficient (Wildman–Crippen LogP) is 2.56. The molecule has 5 nitrogen and oxygen atoms in total. The largest absolute Gasteiger partial charge is 0.491 e. The summed E-state index contributed by atoms with van der Waals surface area (Å²) in [5.74, 6) is -0.240. The van der Waals surface area contributed by atoms with Crippen LogP contribution < -0.4 is 4.74 Å². The summed E-state index contributed by atoms with van der Waals surface area (Å²) in [4.78, 5) is 10.7. The summed E-state index contributed by atoms with van der Waals surface area (Å²) in [7, 11) is 0. The van der Waals surface area contributed by atoms with E-state index < -0.39 is 5.97 Å². The maximum Gasteiger partial charge on any atom is 0.353 e. The number of hydrogen-bond donors (Lipinski definition) is 2. The number of ether oxygens (including phenoxy) is 1. The fourth-order valence-electron chi connectivity index (χ4n) is 1.56. The first-order valence-corrected chi connectivity index (χ1v) is 5.62. The Labute approximate surface area is 104 Å². The summed E-state index contributed by atoms with van der Waals surface area (Å²) in [5, 5.41) is 15.2. The summed E-state index contributed by atoms with van der Waals surface area (Å²) < 4.78 is 5.53. The molecule has 5 heteroatoms. The van der Waals surface area contributed by atoms with E-state index in [0.717, 1.165) is 11.3 Å². The van der Waals surface area contributed by atoms with Gasteiger partial charge in [-0.05, 0) is 44.2 Å². The van der Waals surface area contributed by atoms with Gasteiger partial charge in [0.2, 0.25) is 0 Å². The van der Waals surface area contributed by atoms with Crippen molar-refractivity contribution in [3.8, 4) is 17.0 Å². The van der Waals surface area contributed by atoms with Crippen molar-refractivity contribution >= 4 is 5.97 Å². The number of nitrogens with zero attached hydrogens (tertiary/aromatic N) is 1. The number of carboxylic acids is 1. The number of aromatic nitrogens is 2. The first-order chi connectivity index (χ1) is 8.56. The maximum absolute atomic E-state index is 10.7. The van der Waals surface area contributed by atoms with Gasteiger partial charge in [0.15, 0.2) is 0 Å². The van der Waals surface area contributed by atoms with Crippen molar-refractivity contribution in [1.82, 2.24) is 10.2 Å². The van der Waals surface area contributed by atoms with Gasteiger partial charge in [-0.15, -0.1) is 0 Å². The molecule has 0 unspecified atom stereocenters. The molecule has 0 radical (unpaired) electrons. The van der Waals surface area contributed by atoms with Crippen LogP contribution in [0.3, 0.4) is 0 Å². The number of aromatic amines is 1. The van der Waals surface area contributed by atoms with E-state index in [1.165, 1.54) is 6.07 Å². The van der Waals surface area contributed by atoms with Crippen LogP contribution in [-0.2, 0) is 0 Å². The predicted molar refractivity (Wildman–Crippen MR) is 66.7 cm³/mol. The number of nitrogens with one attached hydrogen (secondary N) is 1. The highest BCUT2D eigenvalue weighted by Gasteiger charge is 2.09. The number of carboxylic acid groups (broad SMARTS) is 1. The smallest absolute Gasteiger partial charge is 0.353 e. The molecule has 0 saturated heterocycles. The average Bonchev–Trinajstić information content (AvgIpc) is 2.78. The Morgan fingerprint density at radius 1 is 1.33 bits per heavy atom. The SMILES string of the molecule is CC(C)Oc1ccc(-c2cc(C(=O)O)[nH]n2)cc1. The zero-order valence-corrected chi connectivity index (χ0v) is 10.2. The molecule has 0 aliphatic heterocycles. The van der Waals surface area contributed by atoms with E-state index in [9.17, 15) is 4.79 Å². The standard InChI is InChI=1S/C13H14N2O3/c1-8(2)18-10-5-3-9(4-6-10)11-7-12(13(16)17)15-14-11/h3-8H,1-2H3,(H,14,15)(H,16,17). The van der Waals surface area contributed by atoms with Crippen molar-refractivity contribution in [1.29, 1.82) is 0 Å². The fourth-order valence-corrected chi connectivity index (χ4v) is 1.56. The summed E-state index contributed by atoms with van der Waals surface area (Å²) in [6.45, 7) is 3.92. The fraction of sp³-hybridized carbons (Fsp3) is 0.231. The van der Waals surface area contributed by atoms with Gasteiger partial charge >= 0.3 is 5.97 Å². The Bertz CT molecular complexity index is 544. The second-order valence-electron chi connectivity index (χ2n) is 4.16. The Morgan fingerprint density at radius 3 is 2.50 bits per heavy atom. The van der Waals surface area contributed by atoms with Gasteiger partial charge in [-0.2, -0.15) is 5.10 Å². The number of benzene rings is 1. The van der Waals surface area contributed by atoms with E-state index in [1.807, 2.05) is 38.1 Å². The van der Waals surface area contributed by atoms with Crippen molar-refractivity contribution in [2.45, 2.75) is 20.0 Å². The van der Waals surface area contributed by atoms with Gasteiger partial charge in [0, 0.05) is 5.56 Å². The number of H-pyrrole nitrogens is 1. The number of aromatic carboxylic acids is 1. The quantitative estimate of drug-likeness (QED) is 0.869. The molecule has 0 aliphatic carbocycles. The van der Waals surface area contributed by atoms with E-state index in [2.05, 4.69) is 10.2 Å². The molecule has 0 bridgehead atoms. The molecule has 1 aromatic carbocycles. The third-order valence-electron chi connectivity index (χ3n) is 2.33. The highest BCUT2D eigenvalue weighted by atomic mass is 16.5. The van der Waals surface area contributed by atoms with E-state index >= 15 is 0 Å². The van der Waals surface area contributed by atoms with Crippen LogP contribution in [0.25, 0.3) is 11.3 Å². The van der Waals surface area contributed by atoms with Crippen molar-refractivity contribution in [2.75, 3.05) is 0 Å². The summed E-state index contributed by atoms with van der Waals surface area (Å²) >= 11 is 0. The lowest BCUT2D eigenvalue weighted by Gasteiger charge is -2.09. The second-order valence-corrected chi connectivity index (χ2v) is 4.16. The maximum atomic E-state index is 10.7. The third kappa shape index (κ3) is 2.68. The van der Waals surface area contributed by atoms with Crippen LogP contribution in [0.15, 0.2) is 30.3 Å². The zero-order valence-electron chi connectivity index (χ0n) is 10.2. The molecule has 0 aliphatic rings. The molecule has 1 aromatic heterocycles. The van der Waals surface area contributed by atoms with Crippen LogP contribution in [0.1, 0.15) is 24.3 Å². The van der Waals surface area contributed by atoms with Crippen LogP contribution in [-0.4, -0.2) is 27.4 Å². The van der Waals surface area contributed by atoms with Gasteiger partial charge in [0.1, 0.15) is 11.4 Å². The first-order valence-electron chi connectivity index (χ1n) is 5.62. The topological polar surface area (TPSA) is 75.2 Å². The molecule has 1 heterocycles. The van der Waals surface area contributed by atoms with E-state index in [-0.39, 0.29) is 11.8 Å². The van der Waals surface area contributed by atoms with Crippen LogP contribution in [0, 0.1) is 0 Å². The molecule has 2 N–H and O–H groups in total. The van der Waals surface area contributed by atoms with Crippen molar-refractivity contribution < 1.29 is 14.6 Å². The van der Waals surface area contributed by atoms with Gasteiger partial charge in [-0.1, -0.05) is 0 Å². The summed E-state index contributed by atoms with van der Waals surface area (Å²) in [6.07, 6.45) is 0.125. The molecule has 2 rings (SSSR count). The highest BCUT2D eigenvalue weighted by Crippen LogP contribution is 2.21. The van der Waals surface area contributed by atoms with Crippen LogP contribution in [0.2, 0.25) is 0 Å². The minimum atomic E-state index is -1.02. The van der Waals surface area contributed by atoms with Crippen molar-refractivity contribution in [3.05, 3.63) is 36.0 Å². The minimum absolute atomic E-state index is 0.0764. The Kier molecular flexibility index (Phi) is 3.32. The second kappa shape index (κ2) is 4.91. The molecular formula is C13H14N2O3. The minimum Gasteiger partial charge on any atom is -0.491 e. The molecule has 94 valence electrons. The van der Waals surface area contributed by atoms with Crippen LogP contribution in [0.4, 0.5) is 0 Å². The van der Waals surface area contributed by atoms with Crippen molar-refractivity contribution in [3.63, 3.8) is 0 Å². The Balaban J connectivity index is 2.20. The first kappa shape index (κ1) is 12.2. The van der Waals surface area contributed by atoms with Crippen LogP contribution >= 0.6 is 0 Å². The number of hydrogen-bond acceptors (Lipinski definition) is 3.